The van der Waals surface area contributed by atoms with Gasteiger partial charge in [0.25, 0.3) is 0 Å². The predicted molar refractivity (Wildman–Crippen MR) is 103 cm³/mol. The van der Waals surface area contributed by atoms with Crippen LogP contribution in [0.3, 0.4) is 0 Å². The van der Waals surface area contributed by atoms with Gasteiger partial charge >= 0.3 is 6.09 Å². The van der Waals surface area contributed by atoms with Crippen molar-refractivity contribution in [3.8, 4) is 0 Å². The molecular weight excluding hydrogens is 328 g/mol. The van der Waals surface area contributed by atoms with Gasteiger partial charge in [0.2, 0.25) is 0 Å². The lowest BCUT2D eigenvalue weighted by atomic mass is 9.72. The van der Waals surface area contributed by atoms with Gasteiger partial charge in [0.15, 0.2) is 0 Å². The lowest BCUT2D eigenvalue weighted by Crippen LogP contribution is -2.56. The molecule has 1 saturated carbocycles. The Bertz CT molecular complexity index is 622. The summed E-state index contributed by atoms with van der Waals surface area (Å²) in [5, 5.41) is 3.13. The molecule has 2 atom stereocenters. The predicted octanol–water partition coefficient (Wildman–Crippen LogP) is 3.42. The van der Waals surface area contributed by atoms with Crippen LogP contribution in [0, 0.1) is 5.92 Å². The molecule has 0 aliphatic heterocycles. The van der Waals surface area contributed by atoms with Crippen LogP contribution in [-0.2, 0) is 16.0 Å². The zero-order valence-electron chi connectivity index (χ0n) is 16.7. The van der Waals surface area contributed by atoms with Gasteiger partial charge in [-0.3, -0.25) is 4.79 Å². The van der Waals surface area contributed by atoms with Crippen molar-refractivity contribution < 1.29 is 14.3 Å². The van der Waals surface area contributed by atoms with E-state index in [0.29, 0.717) is 32.2 Å². The minimum absolute atomic E-state index is 0.0719. The van der Waals surface area contributed by atoms with Gasteiger partial charge in [-0.05, 0) is 59.7 Å². The highest BCUT2D eigenvalue weighted by Crippen LogP contribution is 2.34. The second kappa shape index (κ2) is 8.21. The summed E-state index contributed by atoms with van der Waals surface area (Å²) in [5.74, 6) is 0.214. The summed E-state index contributed by atoms with van der Waals surface area (Å²) < 4.78 is 5.50. The molecule has 0 spiro atoms. The molecule has 2 unspecified atom stereocenters. The summed E-state index contributed by atoms with van der Waals surface area (Å²) in [4.78, 5) is 27.0. The molecule has 0 radical (unpaired) electrons. The summed E-state index contributed by atoms with van der Waals surface area (Å²) in [7, 11) is 3.95. The Morgan fingerprint density at radius 3 is 2.50 bits per heavy atom. The van der Waals surface area contributed by atoms with Gasteiger partial charge in [0.1, 0.15) is 11.4 Å². The molecule has 0 saturated heterocycles. The van der Waals surface area contributed by atoms with Crippen LogP contribution in [0.1, 0.15) is 45.6 Å². The van der Waals surface area contributed by atoms with Crippen molar-refractivity contribution in [3.63, 3.8) is 0 Å². The fourth-order valence-corrected chi connectivity index (χ4v) is 3.69. The molecular formula is C21H32N2O3. The van der Waals surface area contributed by atoms with Crippen LogP contribution in [-0.4, -0.2) is 48.6 Å². The van der Waals surface area contributed by atoms with E-state index in [1.807, 2.05) is 58.0 Å². The van der Waals surface area contributed by atoms with Crippen molar-refractivity contribution >= 4 is 11.9 Å². The average Bonchev–Trinajstić information content (AvgIpc) is 2.49. The quantitative estimate of drug-likeness (QED) is 0.874. The number of carbonyl (C=O) groups is 2. The lowest BCUT2D eigenvalue weighted by molar-refractivity contribution is -0.127. The zero-order valence-corrected chi connectivity index (χ0v) is 16.7. The molecule has 0 bridgehead atoms. The summed E-state index contributed by atoms with van der Waals surface area (Å²) >= 11 is 0. The zero-order chi connectivity index (χ0) is 19.4. The van der Waals surface area contributed by atoms with Crippen molar-refractivity contribution in [2.75, 3.05) is 20.6 Å². The first-order valence-corrected chi connectivity index (χ1v) is 9.31. The number of carbonyl (C=O) groups excluding carboxylic acids is 2. The number of Topliss-reactive ketones (excluding diaryl/α,β-unsaturated/α-hetero) is 1. The van der Waals surface area contributed by atoms with Crippen LogP contribution in [0.15, 0.2) is 30.3 Å². The standard InChI is InChI=1S/C21H32N2O3/c1-20(2,3)26-19(25)22-21(13-16-9-7-6-8-10-16)12-11-18(24)17(14-21)15-23(4)5/h6-10,17H,11-15H2,1-5H3,(H,22,25). The molecule has 1 aromatic rings. The number of rotatable bonds is 5. The van der Waals surface area contributed by atoms with Crippen LogP contribution in [0.25, 0.3) is 0 Å². The SMILES string of the molecule is CN(C)CC1CC(Cc2ccccc2)(NC(=O)OC(C)(C)C)CCC1=O. The van der Waals surface area contributed by atoms with Gasteiger partial charge < -0.3 is 15.0 Å². The van der Waals surface area contributed by atoms with E-state index in [9.17, 15) is 9.59 Å². The molecule has 1 N–H and O–H groups in total. The first kappa shape index (κ1) is 20.4. The number of hydrogen-bond donors (Lipinski definition) is 1. The van der Waals surface area contributed by atoms with E-state index in [4.69, 9.17) is 4.74 Å². The smallest absolute Gasteiger partial charge is 0.408 e. The van der Waals surface area contributed by atoms with Gasteiger partial charge in [-0.2, -0.15) is 0 Å². The molecule has 26 heavy (non-hydrogen) atoms. The molecule has 0 heterocycles. The monoisotopic (exact) mass is 360 g/mol. The Morgan fingerprint density at radius 2 is 1.92 bits per heavy atom. The number of ketones is 1. The normalized spacial score (nSPS) is 23.8. The molecule has 1 aliphatic carbocycles. The van der Waals surface area contributed by atoms with Crippen molar-refractivity contribution in [3.05, 3.63) is 35.9 Å². The Balaban J connectivity index is 2.23. The van der Waals surface area contributed by atoms with E-state index in [1.165, 1.54) is 0 Å². The lowest BCUT2D eigenvalue weighted by Gasteiger charge is -2.42. The molecule has 2 rings (SSSR count). The molecule has 5 heteroatoms. The molecule has 0 aromatic heterocycles. The molecule has 1 aliphatic rings. The molecule has 1 amide bonds. The first-order chi connectivity index (χ1) is 12.1. The highest BCUT2D eigenvalue weighted by Gasteiger charge is 2.42. The number of ether oxygens (including phenoxy) is 1. The van der Waals surface area contributed by atoms with Crippen molar-refractivity contribution in [2.24, 2.45) is 5.92 Å². The number of alkyl carbamates (subject to hydrolysis) is 1. The van der Waals surface area contributed by atoms with Crippen LogP contribution >= 0.6 is 0 Å². The highest BCUT2D eigenvalue weighted by atomic mass is 16.6. The number of hydrogen-bond acceptors (Lipinski definition) is 4. The van der Waals surface area contributed by atoms with E-state index >= 15 is 0 Å². The van der Waals surface area contributed by atoms with Gasteiger partial charge in [-0.1, -0.05) is 30.3 Å². The Hall–Kier alpha value is -1.88. The number of benzene rings is 1. The Kier molecular flexibility index (Phi) is 6.45. The number of nitrogens with zero attached hydrogens (tertiary/aromatic N) is 1. The maximum atomic E-state index is 12.5. The third-order valence-electron chi connectivity index (χ3n) is 4.68. The maximum Gasteiger partial charge on any atom is 0.408 e. The third kappa shape index (κ3) is 6.13. The maximum absolute atomic E-state index is 12.5. The van der Waals surface area contributed by atoms with Gasteiger partial charge in [-0.15, -0.1) is 0 Å². The van der Waals surface area contributed by atoms with E-state index in [0.717, 1.165) is 5.56 Å². The minimum Gasteiger partial charge on any atom is -0.444 e. The van der Waals surface area contributed by atoms with E-state index in [1.54, 1.807) is 0 Å². The van der Waals surface area contributed by atoms with Crippen LogP contribution in [0.4, 0.5) is 4.79 Å². The second-order valence-corrected chi connectivity index (χ2v) is 8.70. The summed E-state index contributed by atoms with van der Waals surface area (Å²) in [6.45, 7) is 6.27. The van der Waals surface area contributed by atoms with Gasteiger partial charge in [0.05, 0.1) is 0 Å². The molecule has 1 aromatic carbocycles. The van der Waals surface area contributed by atoms with E-state index in [2.05, 4.69) is 17.4 Å². The van der Waals surface area contributed by atoms with Crippen molar-refractivity contribution in [1.82, 2.24) is 10.2 Å². The fourth-order valence-electron chi connectivity index (χ4n) is 3.69. The summed E-state index contributed by atoms with van der Waals surface area (Å²) in [5.41, 5.74) is 0.144. The van der Waals surface area contributed by atoms with E-state index < -0.39 is 17.2 Å². The largest absolute Gasteiger partial charge is 0.444 e. The number of nitrogens with one attached hydrogen (secondary N) is 1. The minimum atomic E-state index is -0.550. The molecule has 1 fully saturated rings. The third-order valence-corrected chi connectivity index (χ3v) is 4.68. The second-order valence-electron chi connectivity index (χ2n) is 8.70. The van der Waals surface area contributed by atoms with Crippen LogP contribution in [0.2, 0.25) is 0 Å². The highest BCUT2D eigenvalue weighted by molar-refractivity contribution is 5.83. The Morgan fingerprint density at radius 1 is 1.27 bits per heavy atom. The molecule has 144 valence electrons. The Labute approximate surface area is 157 Å². The molecule has 5 nitrogen and oxygen atoms in total. The van der Waals surface area contributed by atoms with Crippen molar-refractivity contribution in [1.29, 1.82) is 0 Å². The van der Waals surface area contributed by atoms with Crippen LogP contribution < -0.4 is 5.32 Å². The number of amides is 1. The summed E-state index contributed by atoms with van der Waals surface area (Å²) in [6.07, 6.45) is 2.05. The average molecular weight is 360 g/mol. The topological polar surface area (TPSA) is 58.6 Å². The fraction of sp³-hybridized carbons (Fsp3) is 0.619. The summed E-state index contributed by atoms with van der Waals surface area (Å²) in [6, 6.07) is 10.1. The van der Waals surface area contributed by atoms with Crippen molar-refractivity contribution in [2.45, 2.75) is 57.6 Å². The first-order valence-electron chi connectivity index (χ1n) is 9.31. The van der Waals surface area contributed by atoms with Crippen LogP contribution in [0.5, 0.6) is 0 Å². The van der Waals surface area contributed by atoms with Gasteiger partial charge in [-0.25, -0.2) is 4.79 Å². The van der Waals surface area contributed by atoms with Gasteiger partial charge in [0, 0.05) is 24.4 Å². The van der Waals surface area contributed by atoms with E-state index in [-0.39, 0.29) is 11.7 Å².